The van der Waals surface area contributed by atoms with Crippen molar-refractivity contribution in [2.75, 3.05) is 5.73 Å². The zero-order valence-electron chi connectivity index (χ0n) is 9.65. The fourth-order valence-electron chi connectivity index (χ4n) is 1.51. The van der Waals surface area contributed by atoms with E-state index < -0.39 is 0 Å². The summed E-state index contributed by atoms with van der Waals surface area (Å²) in [5.74, 6) is 0.342. The van der Waals surface area contributed by atoms with Crippen LogP contribution in [-0.2, 0) is 6.54 Å². The maximum absolute atomic E-state index is 11.1. The van der Waals surface area contributed by atoms with Crippen molar-refractivity contribution in [2.45, 2.75) is 6.54 Å². The molecule has 0 radical (unpaired) electrons. The van der Waals surface area contributed by atoms with Crippen molar-refractivity contribution in [2.24, 2.45) is 4.99 Å². The molecule has 0 saturated heterocycles. The first-order valence-corrected chi connectivity index (χ1v) is 5.42. The minimum atomic E-state index is 0.0202. The van der Waals surface area contributed by atoms with Crippen molar-refractivity contribution >= 4 is 17.9 Å². The first-order chi connectivity index (χ1) is 8.77. The Morgan fingerprint density at radius 2 is 1.78 bits per heavy atom. The van der Waals surface area contributed by atoms with Gasteiger partial charge in [0.05, 0.1) is 12.8 Å². The third-order valence-electron chi connectivity index (χ3n) is 2.34. The molecule has 0 aliphatic carbocycles. The van der Waals surface area contributed by atoms with E-state index in [1.807, 2.05) is 24.3 Å². The molecule has 0 unspecified atom stereocenters. The Balaban J connectivity index is 0.000000149. The number of fused-ring (bicyclic) bond motifs is 1. The smallest absolute Gasteiger partial charge is 0.219 e. The number of rotatable bonds is 0. The highest BCUT2D eigenvalue weighted by Crippen LogP contribution is 2.13. The number of carbonyl (C=O) groups excluding carboxylic acids is 1. The number of ketones is 1. The van der Waals surface area contributed by atoms with Gasteiger partial charge in [0.15, 0.2) is 0 Å². The summed E-state index contributed by atoms with van der Waals surface area (Å²) >= 11 is 0. The molecular weight excluding hydrogens is 228 g/mol. The predicted molar refractivity (Wildman–Crippen MR) is 69.4 cm³/mol. The minimum absolute atomic E-state index is 0.0202. The van der Waals surface area contributed by atoms with Gasteiger partial charge in [0, 0.05) is 18.0 Å². The van der Waals surface area contributed by atoms with Gasteiger partial charge in [-0.05, 0) is 11.6 Å². The van der Waals surface area contributed by atoms with Gasteiger partial charge in [0.1, 0.15) is 0 Å². The van der Waals surface area contributed by atoms with Gasteiger partial charge in [-0.1, -0.05) is 24.3 Å². The maximum atomic E-state index is 11.1. The predicted octanol–water partition coefficient (Wildman–Crippen LogP) is 1.51. The normalized spacial score (nSPS) is 12.3. The third kappa shape index (κ3) is 2.98. The fraction of sp³-hybridized carbons (Fsp3) is 0.0769. The van der Waals surface area contributed by atoms with Gasteiger partial charge in [0.2, 0.25) is 11.7 Å². The van der Waals surface area contributed by atoms with Crippen molar-refractivity contribution in [3.8, 4) is 0 Å². The molecule has 1 aromatic heterocycles. The number of aromatic nitrogens is 2. The number of anilines is 1. The minimum Gasteiger partial charge on any atom is -0.368 e. The molecule has 0 atom stereocenters. The Morgan fingerprint density at radius 3 is 2.39 bits per heavy atom. The molecule has 0 amide bonds. The summed E-state index contributed by atoms with van der Waals surface area (Å²) in [5.41, 5.74) is 6.96. The molecular formula is C13H12N4O. The zero-order valence-corrected chi connectivity index (χ0v) is 9.65. The van der Waals surface area contributed by atoms with Crippen LogP contribution in [0.1, 0.15) is 15.9 Å². The summed E-state index contributed by atoms with van der Waals surface area (Å²) in [5, 5.41) is 0. The largest absolute Gasteiger partial charge is 0.368 e. The highest BCUT2D eigenvalue weighted by atomic mass is 16.1. The number of nitrogen functional groups attached to an aromatic ring is 1. The van der Waals surface area contributed by atoms with E-state index in [1.54, 1.807) is 18.5 Å². The Hall–Kier alpha value is -2.56. The van der Waals surface area contributed by atoms with Gasteiger partial charge >= 0.3 is 0 Å². The average molecular weight is 240 g/mol. The van der Waals surface area contributed by atoms with Crippen molar-refractivity contribution in [1.29, 1.82) is 0 Å². The molecule has 18 heavy (non-hydrogen) atoms. The van der Waals surface area contributed by atoms with Crippen LogP contribution in [0.15, 0.2) is 47.7 Å². The molecule has 0 saturated carbocycles. The van der Waals surface area contributed by atoms with Gasteiger partial charge in [-0.3, -0.25) is 9.79 Å². The zero-order chi connectivity index (χ0) is 12.8. The first-order valence-electron chi connectivity index (χ1n) is 5.42. The second kappa shape index (κ2) is 5.67. The SMILES string of the molecule is Nc1ncccn1.O=C1C=NCc2ccccc21. The van der Waals surface area contributed by atoms with E-state index in [-0.39, 0.29) is 5.78 Å². The Labute approximate surface area is 104 Å². The molecule has 1 aliphatic heterocycles. The van der Waals surface area contributed by atoms with Crippen LogP contribution in [0.25, 0.3) is 0 Å². The molecule has 90 valence electrons. The van der Waals surface area contributed by atoms with E-state index in [4.69, 9.17) is 5.73 Å². The highest BCUT2D eigenvalue weighted by Gasteiger charge is 2.11. The lowest BCUT2D eigenvalue weighted by Crippen LogP contribution is -2.09. The van der Waals surface area contributed by atoms with E-state index in [0.29, 0.717) is 12.5 Å². The molecule has 1 aliphatic rings. The standard InChI is InChI=1S/C9H7NO.C4H5N3/c11-9-6-10-5-7-3-1-2-4-8(7)9;5-4-6-2-1-3-7-4/h1-4,6H,5H2;1-3H,(H2,5,6,7). The Bertz CT molecular complexity index is 566. The average Bonchev–Trinajstić information content (AvgIpc) is 2.41. The van der Waals surface area contributed by atoms with Crippen LogP contribution in [0.5, 0.6) is 0 Å². The van der Waals surface area contributed by atoms with E-state index in [9.17, 15) is 4.79 Å². The summed E-state index contributed by atoms with van der Waals surface area (Å²) in [7, 11) is 0. The Kier molecular flexibility index (Phi) is 3.76. The quantitative estimate of drug-likeness (QED) is 0.756. The van der Waals surface area contributed by atoms with Crippen LogP contribution in [0, 0.1) is 0 Å². The number of Topliss-reactive ketones (excluding diaryl/α,β-unsaturated/α-hetero) is 1. The number of nitrogens with zero attached hydrogens (tertiary/aromatic N) is 3. The van der Waals surface area contributed by atoms with Crippen LogP contribution >= 0.6 is 0 Å². The molecule has 0 spiro atoms. The molecule has 0 fully saturated rings. The van der Waals surface area contributed by atoms with Crippen LogP contribution in [-0.4, -0.2) is 22.0 Å². The van der Waals surface area contributed by atoms with Crippen LogP contribution in [0.4, 0.5) is 5.95 Å². The molecule has 2 heterocycles. The number of aliphatic imine (C=N–C) groups is 1. The number of carbonyl (C=O) groups is 1. The first kappa shape index (κ1) is 11.9. The van der Waals surface area contributed by atoms with Gasteiger partial charge in [-0.25, -0.2) is 9.97 Å². The van der Waals surface area contributed by atoms with Crippen LogP contribution in [0.3, 0.4) is 0 Å². The molecule has 3 rings (SSSR count). The van der Waals surface area contributed by atoms with Crippen LogP contribution < -0.4 is 5.73 Å². The molecule has 1 aromatic carbocycles. The topological polar surface area (TPSA) is 81.2 Å². The lowest BCUT2D eigenvalue weighted by Gasteiger charge is -2.07. The number of hydrogen-bond donors (Lipinski definition) is 1. The van der Waals surface area contributed by atoms with Gasteiger partial charge < -0.3 is 5.73 Å². The third-order valence-corrected chi connectivity index (χ3v) is 2.34. The summed E-state index contributed by atoms with van der Waals surface area (Å²) in [6.45, 7) is 0.641. The van der Waals surface area contributed by atoms with Gasteiger partial charge in [0.25, 0.3) is 0 Å². The second-order valence-electron chi connectivity index (χ2n) is 3.60. The number of benzene rings is 1. The summed E-state index contributed by atoms with van der Waals surface area (Å²) < 4.78 is 0. The molecule has 2 aromatic rings. The van der Waals surface area contributed by atoms with E-state index in [2.05, 4.69) is 15.0 Å². The fourth-order valence-corrected chi connectivity index (χ4v) is 1.51. The maximum Gasteiger partial charge on any atom is 0.219 e. The van der Waals surface area contributed by atoms with E-state index >= 15 is 0 Å². The number of nitrogens with two attached hydrogens (primary N) is 1. The van der Waals surface area contributed by atoms with Gasteiger partial charge in [-0.15, -0.1) is 0 Å². The van der Waals surface area contributed by atoms with Crippen molar-refractivity contribution in [3.63, 3.8) is 0 Å². The molecule has 2 N–H and O–H groups in total. The second-order valence-corrected chi connectivity index (χ2v) is 3.60. The summed E-state index contributed by atoms with van der Waals surface area (Å²) in [6, 6.07) is 9.28. The Morgan fingerprint density at radius 1 is 1.06 bits per heavy atom. The molecule has 5 heteroatoms. The summed E-state index contributed by atoms with van der Waals surface area (Å²) in [6.07, 6.45) is 4.59. The molecule has 0 bridgehead atoms. The van der Waals surface area contributed by atoms with Crippen molar-refractivity contribution in [3.05, 3.63) is 53.9 Å². The lowest BCUT2D eigenvalue weighted by atomic mass is 10.0. The van der Waals surface area contributed by atoms with Crippen molar-refractivity contribution < 1.29 is 4.79 Å². The van der Waals surface area contributed by atoms with Gasteiger partial charge in [-0.2, -0.15) is 0 Å². The van der Waals surface area contributed by atoms with Crippen molar-refractivity contribution in [1.82, 2.24) is 9.97 Å². The number of hydrogen-bond acceptors (Lipinski definition) is 5. The lowest BCUT2D eigenvalue weighted by molar-refractivity contribution is 0.106. The molecule has 5 nitrogen and oxygen atoms in total. The van der Waals surface area contributed by atoms with E-state index in [0.717, 1.165) is 11.1 Å². The summed E-state index contributed by atoms with van der Waals surface area (Å²) in [4.78, 5) is 22.4. The van der Waals surface area contributed by atoms with E-state index in [1.165, 1.54) is 6.21 Å². The van der Waals surface area contributed by atoms with Crippen LogP contribution in [0.2, 0.25) is 0 Å². The highest BCUT2D eigenvalue weighted by molar-refractivity contribution is 6.36. The monoisotopic (exact) mass is 240 g/mol.